The van der Waals surface area contributed by atoms with Gasteiger partial charge < -0.3 is 10.3 Å². The SMILES string of the molecule is Nc1ccc(I)cc1-c1nc(Cc2ccccc2F)no1. The van der Waals surface area contributed by atoms with Crippen LogP contribution in [0.5, 0.6) is 0 Å². The van der Waals surface area contributed by atoms with Gasteiger partial charge in [0.2, 0.25) is 0 Å². The summed E-state index contributed by atoms with van der Waals surface area (Å²) in [6.45, 7) is 0. The Kier molecular flexibility index (Phi) is 3.87. The van der Waals surface area contributed by atoms with E-state index in [4.69, 9.17) is 10.3 Å². The van der Waals surface area contributed by atoms with Crippen LogP contribution >= 0.6 is 22.6 Å². The van der Waals surface area contributed by atoms with Gasteiger partial charge in [0.15, 0.2) is 5.82 Å². The highest BCUT2D eigenvalue weighted by Crippen LogP contribution is 2.26. The van der Waals surface area contributed by atoms with Crippen LogP contribution in [0, 0.1) is 9.39 Å². The Morgan fingerprint density at radius 3 is 2.81 bits per heavy atom. The van der Waals surface area contributed by atoms with E-state index >= 15 is 0 Å². The molecule has 0 amide bonds. The van der Waals surface area contributed by atoms with Gasteiger partial charge in [-0.05, 0) is 52.4 Å². The Morgan fingerprint density at radius 1 is 1.19 bits per heavy atom. The Morgan fingerprint density at radius 2 is 2.00 bits per heavy atom. The molecule has 2 N–H and O–H groups in total. The molecule has 2 aromatic carbocycles. The van der Waals surface area contributed by atoms with Gasteiger partial charge in [-0.25, -0.2) is 4.39 Å². The van der Waals surface area contributed by atoms with Crippen molar-refractivity contribution in [3.8, 4) is 11.5 Å². The van der Waals surface area contributed by atoms with E-state index < -0.39 is 0 Å². The Balaban J connectivity index is 1.90. The van der Waals surface area contributed by atoms with Crippen LogP contribution in [0.25, 0.3) is 11.5 Å². The molecule has 0 radical (unpaired) electrons. The molecular weight excluding hydrogens is 384 g/mol. The number of aromatic nitrogens is 2. The van der Waals surface area contributed by atoms with Gasteiger partial charge in [0.05, 0.1) is 5.56 Å². The Labute approximate surface area is 134 Å². The van der Waals surface area contributed by atoms with Crippen molar-refractivity contribution >= 4 is 28.3 Å². The summed E-state index contributed by atoms with van der Waals surface area (Å²) in [5, 5.41) is 3.89. The van der Waals surface area contributed by atoms with Gasteiger partial charge in [-0.1, -0.05) is 23.4 Å². The number of halogens is 2. The quantitative estimate of drug-likeness (QED) is 0.543. The number of nitrogens with zero attached hydrogens (tertiary/aromatic N) is 2. The zero-order valence-electron chi connectivity index (χ0n) is 10.9. The van der Waals surface area contributed by atoms with Crippen LogP contribution in [-0.4, -0.2) is 10.1 Å². The summed E-state index contributed by atoms with van der Waals surface area (Å²) in [6, 6.07) is 12.1. The fourth-order valence-electron chi connectivity index (χ4n) is 1.96. The van der Waals surface area contributed by atoms with E-state index in [1.54, 1.807) is 24.3 Å². The second kappa shape index (κ2) is 5.80. The summed E-state index contributed by atoms with van der Waals surface area (Å²) in [4.78, 5) is 4.29. The van der Waals surface area contributed by atoms with E-state index in [2.05, 4.69) is 32.7 Å². The first-order valence-corrected chi connectivity index (χ1v) is 7.33. The molecule has 6 heteroatoms. The number of rotatable bonds is 3. The smallest absolute Gasteiger partial charge is 0.260 e. The predicted molar refractivity (Wildman–Crippen MR) is 86.1 cm³/mol. The van der Waals surface area contributed by atoms with E-state index in [1.165, 1.54) is 6.07 Å². The minimum atomic E-state index is -0.280. The van der Waals surface area contributed by atoms with E-state index in [0.717, 1.165) is 3.57 Å². The van der Waals surface area contributed by atoms with Crippen molar-refractivity contribution in [1.29, 1.82) is 0 Å². The number of nitrogens with two attached hydrogens (primary N) is 1. The van der Waals surface area contributed by atoms with Crippen molar-refractivity contribution < 1.29 is 8.91 Å². The topological polar surface area (TPSA) is 64.9 Å². The molecule has 106 valence electrons. The molecule has 1 aromatic heterocycles. The maximum absolute atomic E-state index is 13.6. The Hall–Kier alpha value is -1.96. The van der Waals surface area contributed by atoms with Crippen LogP contribution in [0.3, 0.4) is 0 Å². The zero-order valence-corrected chi connectivity index (χ0v) is 13.0. The molecule has 0 aliphatic heterocycles. The third-order valence-corrected chi connectivity index (χ3v) is 3.69. The highest BCUT2D eigenvalue weighted by molar-refractivity contribution is 14.1. The van der Waals surface area contributed by atoms with Crippen LogP contribution in [0.15, 0.2) is 47.0 Å². The largest absolute Gasteiger partial charge is 0.398 e. The lowest BCUT2D eigenvalue weighted by Gasteiger charge is -2.00. The predicted octanol–water partition coefficient (Wildman–Crippen LogP) is 3.65. The number of anilines is 1. The van der Waals surface area contributed by atoms with Crippen LogP contribution in [0.1, 0.15) is 11.4 Å². The molecule has 0 bridgehead atoms. The minimum Gasteiger partial charge on any atom is -0.398 e. The van der Waals surface area contributed by atoms with Crippen molar-refractivity contribution in [3.05, 3.63) is 63.2 Å². The molecule has 3 rings (SSSR count). The fourth-order valence-corrected chi connectivity index (χ4v) is 2.45. The summed E-state index contributed by atoms with van der Waals surface area (Å²) >= 11 is 2.18. The standard InChI is InChI=1S/C15H11FIN3O/c16-12-4-2-1-3-9(12)7-14-19-15(21-20-14)11-8-10(17)5-6-13(11)18/h1-6,8H,7,18H2. The molecule has 0 unspecified atom stereocenters. The van der Waals surface area contributed by atoms with Crippen LogP contribution in [0.4, 0.5) is 10.1 Å². The van der Waals surface area contributed by atoms with E-state index in [-0.39, 0.29) is 12.2 Å². The molecule has 0 fully saturated rings. The van der Waals surface area contributed by atoms with E-state index in [1.807, 2.05) is 12.1 Å². The first kappa shape index (κ1) is 14.0. The molecule has 1 heterocycles. The first-order chi connectivity index (χ1) is 10.1. The number of nitrogen functional groups attached to an aromatic ring is 1. The normalized spacial score (nSPS) is 10.8. The van der Waals surface area contributed by atoms with E-state index in [0.29, 0.717) is 28.5 Å². The number of benzene rings is 2. The van der Waals surface area contributed by atoms with Crippen LogP contribution in [0.2, 0.25) is 0 Å². The second-order valence-electron chi connectivity index (χ2n) is 4.52. The molecule has 3 aromatic rings. The van der Waals surface area contributed by atoms with Gasteiger partial charge in [0, 0.05) is 15.7 Å². The van der Waals surface area contributed by atoms with Gasteiger partial charge in [0.1, 0.15) is 5.82 Å². The van der Waals surface area contributed by atoms with Crippen molar-refractivity contribution in [3.63, 3.8) is 0 Å². The van der Waals surface area contributed by atoms with Gasteiger partial charge in [0.25, 0.3) is 5.89 Å². The van der Waals surface area contributed by atoms with Crippen molar-refractivity contribution in [2.75, 3.05) is 5.73 Å². The summed E-state index contributed by atoms with van der Waals surface area (Å²) in [5.41, 5.74) is 7.70. The second-order valence-corrected chi connectivity index (χ2v) is 5.76. The molecule has 0 aliphatic rings. The summed E-state index contributed by atoms with van der Waals surface area (Å²) < 4.78 is 19.9. The van der Waals surface area contributed by atoms with Crippen LogP contribution < -0.4 is 5.73 Å². The molecule has 0 aliphatic carbocycles. The minimum absolute atomic E-state index is 0.278. The summed E-state index contributed by atoms with van der Waals surface area (Å²) in [7, 11) is 0. The highest BCUT2D eigenvalue weighted by Gasteiger charge is 2.13. The van der Waals surface area contributed by atoms with Crippen molar-refractivity contribution in [2.45, 2.75) is 6.42 Å². The van der Waals surface area contributed by atoms with Gasteiger partial charge in [-0.2, -0.15) is 4.98 Å². The summed E-state index contributed by atoms with van der Waals surface area (Å²) in [5.74, 6) is 0.489. The fraction of sp³-hybridized carbons (Fsp3) is 0.0667. The number of hydrogen-bond donors (Lipinski definition) is 1. The molecule has 0 spiro atoms. The van der Waals surface area contributed by atoms with Gasteiger partial charge in [-0.15, -0.1) is 0 Å². The average Bonchev–Trinajstić information content (AvgIpc) is 2.92. The molecule has 0 saturated carbocycles. The first-order valence-electron chi connectivity index (χ1n) is 6.25. The zero-order chi connectivity index (χ0) is 14.8. The number of hydrogen-bond acceptors (Lipinski definition) is 4. The molecule has 4 nitrogen and oxygen atoms in total. The third-order valence-electron chi connectivity index (χ3n) is 3.02. The lowest BCUT2D eigenvalue weighted by Crippen LogP contribution is -1.95. The molecular formula is C15H11FIN3O. The average molecular weight is 395 g/mol. The van der Waals surface area contributed by atoms with E-state index in [9.17, 15) is 4.39 Å². The van der Waals surface area contributed by atoms with Crippen molar-refractivity contribution in [2.24, 2.45) is 0 Å². The monoisotopic (exact) mass is 395 g/mol. The summed E-state index contributed by atoms with van der Waals surface area (Å²) in [6.07, 6.45) is 0.278. The van der Waals surface area contributed by atoms with Crippen LogP contribution in [-0.2, 0) is 6.42 Å². The molecule has 0 saturated heterocycles. The van der Waals surface area contributed by atoms with Gasteiger partial charge >= 0.3 is 0 Å². The Bertz CT molecular complexity index is 788. The molecule has 0 atom stereocenters. The molecule has 21 heavy (non-hydrogen) atoms. The van der Waals surface area contributed by atoms with Gasteiger partial charge in [-0.3, -0.25) is 0 Å². The third kappa shape index (κ3) is 3.05. The maximum Gasteiger partial charge on any atom is 0.260 e. The lowest BCUT2D eigenvalue weighted by molar-refractivity contribution is 0.423. The van der Waals surface area contributed by atoms with Crippen molar-refractivity contribution in [1.82, 2.24) is 10.1 Å². The maximum atomic E-state index is 13.6. The lowest BCUT2D eigenvalue weighted by atomic mass is 10.1. The highest BCUT2D eigenvalue weighted by atomic mass is 127.